The zero-order chi connectivity index (χ0) is 13.8. The third kappa shape index (κ3) is 2.50. The first-order valence-corrected chi connectivity index (χ1v) is 6.45. The van der Waals surface area contributed by atoms with Gasteiger partial charge in [0.2, 0.25) is 0 Å². The molecule has 0 aliphatic carbocycles. The molecule has 2 aromatic carbocycles. The molecule has 3 rings (SSSR count). The van der Waals surface area contributed by atoms with Crippen LogP contribution in [0.15, 0.2) is 73.1 Å². The number of allylic oxidation sites excluding steroid dienone is 1. The van der Waals surface area contributed by atoms with Gasteiger partial charge in [0.25, 0.3) is 0 Å². The Morgan fingerprint density at radius 2 is 1.80 bits per heavy atom. The fraction of sp³-hybridized carbons (Fsp3) is 0. The van der Waals surface area contributed by atoms with Crippen molar-refractivity contribution in [1.82, 2.24) is 4.98 Å². The minimum Gasteiger partial charge on any atom is -0.289 e. The zero-order valence-corrected chi connectivity index (χ0v) is 10.9. The SMILES string of the molecule is O=C(/C=C/c1cccc2cnccc12)c1ccccc1. The van der Waals surface area contributed by atoms with Gasteiger partial charge in [0, 0.05) is 23.3 Å². The van der Waals surface area contributed by atoms with Crippen LogP contribution in [0.5, 0.6) is 0 Å². The largest absolute Gasteiger partial charge is 0.289 e. The van der Waals surface area contributed by atoms with Crippen molar-refractivity contribution in [3.63, 3.8) is 0 Å². The third-order valence-electron chi connectivity index (χ3n) is 3.19. The molecule has 0 amide bonds. The molecule has 20 heavy (non-hydrogen) atoms. The first kappa shape index (κ1) is 12.3. The molecular weight excluding hydrogens is 246 g/mol. The Morgan fingerprint density at radius 1 is 0.950 bits per heavy atom. The highest BCUT2D eigenvalue weighted by Gasteiger charge is 2.01. The summed E-state index contributed by atoms with van der Waals surface area (Å²) in [6.07, 6.45) is 7.06. The van der Waals surface area contributed by atoms with Gasteiger partial charge in [0.05, 0.1) is 0 Å². The minimum absolute atomic E-state index is 0.0108. The lowest BCUT2D eigenvalue weighted by atomic mass is 10.0. The number of carbonyl (C=O) groups excluding carboxylic acids is 1. The number of carbonyl (C=O) groups is 1. The third-order valence-corrected chi connectivity index (χ3v) is 3.19. The molecule has 1 aromatic heterocycles. The summed E-state index contributed by atoms with van der Waals surface area (Å²) in [6.45, 7) is 0. The van der Waals surface area contributed by atoms with Crippen LogP contribution in [0.3, 0.4) is 0 Å². The van der Waals surface area contributed by atoms with E-state index in [9.17, 15) is 4.79 Å². The van der Waals surface area contributed by atoms with Gasteiger partial charge in [-0.25, -0.2) is 0 Å². The van der Waals surface area contributed by atoms with Crippen molar-refractivity contribution in [1.29, 1.82) is 0 Å². The smallest absolute Gasteiger partial charge is 0.185 e. The molecule has 0 fully saturated rings. The molecule has 0 saturated carbocycles. The number of pyridine rings is 1. The molecular formula is C18H13NO. The van der Waals surface area contributed by atoms with Crippen LogP contribution in [0.2, 0.25) is 0 Å². The first-order chi connectivity index (χ1) is 9.84. The Bertz CT molecular complexity index is 770. The van der Waals surface area contributed by atoms with E-state index in [-0.39, 0.29) is 5.78 Å². The number of rotatable bonds is 3. The van der Waals surface area contributed by atoms with Gasteiger partial charge in [-0.1, -0.05) is 54.6 Å². The maximum absolute atomic E-state index is 12.1. The number of aromatic nitrogens is 1. The van der Waals surface area contributed by atoms with E-state index in [0.29, 0.717) is 5.56 Å². The van der Waals surface area contributed by atoms with Crippen LogP contribution in [-0.2, 0) is 0 Å². The second kappa shape index (κ2) is 5.49. The summed E-state index contributed by atoms with van der Waals surface area (Å²) in [6, 6.07) is 17.2. The number of hydrogen-bond acceptors (Lipinski definition) is 2. The fourth-order valence-corrected chi connectivity index (χ4v) is 2.16. The van der Waals surface area contributed by atoms with Crippen molar-refractivity contribution in [2.75, 3.05) is 0 Å². The van der Waals surface area contributed by atoms with E-state index in [1.807, 2.05) is 66.9 Å². The zero-order valence-electron chi connectivity index (χ0n) is 10.9. The summed E-state index contributed by atoms with van der Waals surface area (Å²) >= 11 is 0. The molecule has 0 aliphatic heterocycles. The lowest BCUT2D eigenvalue weighted by molar-refractivity contribution is 0.104. The lowest BCUT2D eigenvalue weighted by Gasteiger charge is -2.01. The van der Waals surface area contributed by atoms with E-state index in [1.54, 1.807) is 12.3 Å². The van der Waals surface area contributed by atoms with Gasteiger partial charge >= 0.3 is 0 Å². The molecule has 0 saturated heterocycles. The molecule has 0 bridgehead atoms. The highest BCUT2D eigenvalue weighted by atomic mass is 16.1. The van der Waals surface area contributed by atoms with Crippen molar-refractivity contribution >= 4 is 22.6 Å². The summed E-state index contributed by atoms with van der Waals surface area (Å²) in [4.78, 5) is 16.2. The molecule has 96 valence electrons. The average Bonchev–Trinajstić information content (AvgIpc) is 2.53. The molecule has 3 aromatic rings. The van der Waals surface area contributed by atoms with Crippen molar-refractivity contribution in [3.8, 4) is 0 Å². The number of fused-ring (bicyclic) bond motifs is 1. The predicted molar refractivity (Wildman–Crippen MR) is 81.5 cm³/mol. The van der Waals surface area contributed by atoms with Gasteiger partial charge in [0.15, 0.2) is 5.78 Å². The van der Waals surface area contributed by atoms with Gasteiger partial charge in [0.1, 0.15) is 0 Å². The maximum Gasteiger partial charge on any atom is 0.185 e. The van der Waals surface area contributed by atoms with Crippen LogP contribution in [0.25, 0.3) is 16.8 Å². The van der Waals surface area contributed by atoms with E-state index in [2.05, 4.69) is 4.98 Å². The van der Waals surface area contributed by atoms with Crippen LogP contribution >= 0.6 is 0 Å². The molecule has 2 heteroatoms. The van der Waals surface area contributed by atoms with Crippen molar-refractivity contribution < 1.29 is 4.79 Å². The molecule has 0 unspecified atom stereocenters. The predicted octanol–water partition coefficient (Wildman–Crippen LogP) is 4.13. The van der Waals surface area contributed by atoms with Gasteiger partial charge in [-0.15, -0.1) is 0 Å². The Balaban J connectivity index is 1.94. The Kier molecular flexibility index (Phi) is 3.38. The number of hydrogen-bond donors (Lipinski definition) is 0. The van der Waals surface area contributed by atoms with E-state index in [0.717, 1.165) is 16.3 Å². The maximum atomic E-state index is 12.1. The summed E-state index contributed by atoms with van der Waals surface area (Å²) < 4.78 is 0. The van der Waals surface area contributed by atoms with E-state index >= 15 is 0 Å². The second-order valence-electron chi connectivity index (χ2n) is 4.51. The van der Waals surface area contributed by atoms with Crippen molar-refractivity contribution in [3.05, 3.63) is 84.2 Å². The molecule has 1 heterocycles. The van der Waals surface area contributed by atoms with Crippen LogP contribution in [0.4, 0.5) is 0 Å². The standard InChI is InChI=1S/C18H13NO/c20-18(15-5-2-1-3-6-15)10-9-14-7-4-8-16-13-19-12-11-17(14)16/h1-13H/b10-9+. The lowest BCUT2D eigenvalue weighted by Crippen LogP contribution is -1.92. The van der Waals surface area contributed by atoms with Crippen LogP contribution in [0, 0.1) is 0 Å². The number of benzene rings is 2. The Labute approximate surface area is 117 Å². The Hall–Kier alpha value is -2.74. The first-order valence-electron chi connectivity index (χ1n) is 6.45. The Morgan fingerprint density at radius 3 is 2.65 bits per heavy atom. The fourth-order valence-electron chi connectivity index (χ4n) is 2.16. The molecule has 0 radical (unpaired) electrons. The quantitative estimate of drug-likeness (QED) is 0.523. The normalized spacial score (nSPS) is 11.0. The van der Waals surface area contributed by atoms with Gasteiger partial charge in [-0.2, -0.15) is 0 Å². The second-order valence-corrected chi connectivity index (χ2v) is 4.51. The number of nitrogens with zero attached hydrogens (tertiary/aromatic N) is 1. The van der Waals surface area contributed by atoms with Crippen molar-refractivity contribution in [2.45, 2.75) is 0 Å². The molecule has 0 aliphatic rings. The summed E-state index contributed by atoms with van der Waals surface area (Å²) in [5.74, 6) is 0.0108. The van der Waals surface area contributed by atoms with Gasteiger partial charge in [-0.05, 0) is 23.1 Å². The monoisotopic (exact) mass is 259 g/mol. The van der Waals surface area contributed by atoms with E-state index in [4.69, 9.17) is 0 Å². The summed E-state index contributed by atoms with van der Waals surface area (Å²) in [5.41, 5.74) is 1.72. The van der Waals surface area contributed by atoms with E-state index < -0.39 is 0 Å². The average molecular weight is 259 g/mol. The summed E-state index contributed by atoms with van der Waals surface area (Å²) in [7, 11) is 0. The topological polar surface area (TPSA) is 30.0 Å². The minimum atomic E-state index is 0.0108. The van der Waals surface area contributed by atoms with Crippen LogP contribution in [0.1, 0.15) is 15.9 Å². The number of ketones is 1. The molecule has 2 nitrogen and oxygen atoms in total. The van der Waals surface area contributed by atoms with Gasteiger partial charge in [-0.3, -0.25) is 9.78 Å². The highest BCUT2D eigenvalue weighted by Crippen LogP contribution is 2.18. The van der Waals surface area contributed by atoms with E-state index in [1.165, 1.54) is 0 Å². The molecule has 0 N–H and O–H groups in total. The highest BCUT2D eigenvalue weighted by molar-refractivity contribution is 6.07. The van der Waals surface area contributed by atoms with Crippen molar-refractivity contribution in [2.24, 2.45) is 0 Å². The van der Waals surface area contributed by atoms with Crippen LogP contribution in [-0.4, -0.2) is 10.8 Å². The summed E-state index contributed by atoms with van der Waals surface area (Å²) in [5, 5.41) is 2.17. The van der Waals surface area contributed by atoms with Gasteiger partial charge < -0.3 is 0 Å². The molecule has 0 atom stereocenters. The molecule has 0 spiro atoms. The van der Waals surface area contributed by atoms with Crippen LogP contribution < -0.4 is 0 Å².